The first-order chi connectivity index (χ1) is 19.3. The molecule has 4 N–H and O–H groups in total. The first-order valence-electron chi connectivity index (χ1n) is 17.0. The normalized spacial score (nSPS) is 49.6. The predicted octanol–water partition coefficient (Wildman–Crippen LogP) is 5.70. The lowest BCUT2D eigenvalue weighted by Crippen LogP contribution is -2.60. The van der Waals surface area contributed by atoms with Crippen LogP contribution in [0.1, 0.15) is 106 Å². The van der Waals surface area contributed by atoms with E-state index in [4.69, 9.17) is 9.47 Å². The number of allylic oxidation sites excluding steroid dienone is 2. The maximum atomic E-state index is 10.6. The van der Waals surface area contributed by atoms with Gasteiger partial charge in [0, 0.05) is 0 Å². The van der Waals surface area contributed by atoms with Crippen LogP contribution >= 0.6 is 0 Å². The summed E-state index contributed by atoms with van der Waals surface area (Å²) in [6, 6.07) is 0. The van der Waals surface area contributed by atoms with Gasteiger partial charge in [0.2, 0.25) is 0 Å². The van der Waals surface area contributed by atoms with Crippen molar-refractivity contribution in [3.05, 3.63) is 11.6 Å². The van der Waals surface area contributed by atoms with Gasteiger partial charge in [-0.25, -0.2) is 0 Å². The second kappa shape index (κ2) is 12.1. The van der Waals surface area contributed by atoms with Crippen LogP contribution < -0.4 is 0 Å². The van der Waals surface area contributed by atoms with Crippen LogP contribution in [0.2, 0.25) is 0 Å². The predicted molar refractivity (Wildman–Crippen MR) is 161 cm³/mol. The molecule has 1 aliphatic heterocycles. The zero-order valence-electron chi connectivity index (χ0n) is 26.8. The Labute approximate surface area is 249 Å². The van der Waals surface area contributed by atoms with Gasteiger partial charge in [0.15, 0.2) is 6.29 Å². The molecule has 3 saturated carbocycles. The highest BCUT2D eigenvalue weighted by molar-refractivity contribution is 5.28. The van der Waals surface area contributed by atoms with Crippen LogP contribution in [0.25, 0.3) is 0 Å². The summed E-state index contributed by atoms with van der Waals surface area (Å²) in [6.07, 6.45) is 7.61. The molecule has 0 amide bonds. The van der Waals surface area contributed by atoms with Gasteiger partial charge < -0.3 is 29.9 Å². The van der Waals surface area contributed by atoms with Gasteiger partial charge in [0.1, 0.15) is 24.4 Å². The van der Waals surface area contributed by atoms with Crippen LogP contribution in [0.4, 0.5) is 0 Å². The SMILES string of the molecule is CC(C)C(C)CCC(C)[C@H]1CC[C@H]2C3=CCC4C(C)C(O[C@@H]5O[C@H](CO)[C@@H](O)[C@H](O)[C@H]5O)CC[C@]4(C)[C@H]3CC[C@]12C. The van der Waals surface area contributed by atoms with Crippen molar-refractivity contribution in [2.75, 3.05) is 6.61 Å². The molecule has 1 heterocycles. The molecule has 0 radical (unpaired) electrons. The molecule has 6 heteroatoms. The van der Waals surface area contributed by atoms with E-state index in [0.717, 1.165) is 48.9 Å². The van der Waals surface area contributed by atoms with Crippen molar-refractivity contribution in [2.24, 2.45) is 58.2 Å². The molecule has 0 aromatic heterocycles. The summed E-state index contributed by atoms with van der Waals surface area (Å²) in [4.78, 5) is 0. The van der Waals surface area contributed by atoms with Gasteiger partial charge in [0.25, 0.3) is 0 Å². The molecule has 0 spiro atoms. The van der Waals surface area contributed by atoms with Gasteiger partial charge in [-0.1, -0.05) is 73.0 Å². The molecular formula is C35H60O6. The Balaban J connectivity index is 1.27. The summed E-state index contributed by atoms with van der Waals surface area (Å²) < 4.78 is 12.1. The molecule has 5 unspecified atom stereocenters. The van der Waals surface area contributed by atoms with Gasteiger partial charge in [0.05, 0.1) is 12.7 Å². The van der Waals surface area contributed by atoms with E-state index in [1.54, 1.807) is 5.57 Å². The molecule has 15 atom stereocenters. The fourth-order valence-electron chi connectivity index (χ4n) is 10.5. The van der Waals surface area contributed by atoms with Crippen LogP contribution in [0, 0.1) is 58.2 Å². The Hall–Kier alpha value is -0.500. The summed E-state index contributed by atoms with van der Waals surface area (Å²) in [5, 5.41) is 40.6. The van der Waals surface area contributed by atoms with Crippen LogP contribution in [-0.4, -0.2) is 63.8 Å². The zero-order chi connectivity index (χ0) is 29.9. The summed E-state index contributed by atoms with van der Waals surface area (Å²) >= 11 is 0. The van der Waals surface area contributed by atoms with Crippen LogP contribution in [0.15, 0.2) is 11.6 Å². The zero-order valence-corrected chi connectivity index (χ0v) is 26.8. The van der Waals surface area contributed by atoms with Gasteiger partial charge in [-0.15, -0.1) is 0 Å². The quantitative estimate of drug-likeness (QED) is 0.277. The summed E-state index contributed by atoms with van der Waals surface area (Å²) in [7, 11) is 0. The Morgan fingerprint density at radius 1 is 0.902 bits per heavy atom. The van der Waals surface area contributed by atoms with Crippen molar-refractivity contribution >= 4 is 0 Å². The van der Waals surface area contributed by atoms with E-state index in [9.17, 15) is 20.4 Å². The lowest BCUT2D eigenvalue weighted by molar-refractivity contribution is -0.320. The molecule has 4 aliphatic carbocycles. The number of hydrogen-bond acceptors (Lipinski definition) is 6. The van der Waals surface area contributed by atoms with Gasteiger partial charge in [-0.2, -0.15) is 0 Å². The first kappa shape index (κ1) is 31.9. The fraction of sp³-hybridized carbons (Fsp3) is 0.943. The van der Waals surface area contributed by atoms with E-state index in [1.165, 1.54) is 38.5 Å². The number of aliphatic hydroxyl groups is 4. The summed E-state index contributed by atoms with van der Waals surface area (Å²) in [5.74, 6) is 5.36. The minimum absolute atomic E-state index is 0.0942. The third-order valence-electron chi connectivity index (χ3n) is 13.7. The minimum atomic E-state index is -1.40. The van der Waals surface area contributed by atoms with Crippen molar-refractivity contribution in [1.82, 2.24) is 0 Å². The highest BCUT2D eigenvalue weighted by atomic mass is 16.7. The van der Waals surface area contributed by atoms with Crippen molar-refractivity contribution in [2.45, 2.75) is 143 Å². The van der Waals surface area contributed by atoms with Crippen molar-refractivity contribution in [1.29, 1.82) is 0 Å². The molecule has 1 saturated heterocycles. The molecule has 5 rings (SSSR count). The van der Waals surface area contributed by atoms with Crippen LogP contribution in [-0.2, 0) is 9.47 Å². The Bertz CT molecular complexity index is 934. The number of rotatable bonds is 8. The molecule has 41 heavy (non-hydrogen) atoms. The van der Waals surface area contributed by atoms with Crippen molar-refractivity contribution < 1.29 is 29.9 Å². The molecule has 0 aromatic rings. The Morgan fingerprint density at radius 2 is 1.59 bits per heavy atom. The van der Waals surface area contributed by atoms with Crippen LogP contribution in [0.5, 0.6) is 0 Å². The number of hydrogen-bond donors (Lipinski definition) is 4. The van der Waals surface area contributed by atoms with E-state index in [0.29, 0.717) is 17.3 Å². The van der Waals surface area contributed by atoms with Crippen molar-refractivity contribution in [3.8, 4) is 0 Å². The van der Waals surface area contributed by atoms with Crippen LogP contribution in [0.3, 0.4) is 0 Å². The second-order valence-electron chi connectivity index (χ2n) is 15.9. The highest BCUT2D eigenvalue weighted by Gasteiger charge is 2.59. The average molecular weight is 577 g/mol. The molecule has 5 aliphatic rings. The smallest absolute Gasteiger partial charge is 0.186 e. The molecule has 0 aromatic carbocycles. The third kappa shape index (κ3) is 5.50. The van der Waals surface area contributed by atoms with E-state index < -0.39 is 37.3 Å². The third-order valence-corrected chi connectivity index (χ3v) is 13.7. The largest absolute Gasteiger partial charge is 0.394 e. The fourth-order valence-corrected chi connectivity index (χ4v) is 10.5. The second-order valence-corrected chi connectivity index (χ2v) is 15.9. The topological polar surface area (TPSA) is 99.4 Å². The molecule has 6 nitrogen and oxygen atoms in total. The number of ether oxygens (including phenoxy) is 2. The lowest BCUT2D eigenvalue weighted by Gasteiger charge is -2.60. The summed E-state index contributed by atoms with van der Waals surface area (Å²) in [5.41, 5.74) is 2.46. The highest BCUT2D eigenvalue weighted by Crippen LogP contribution is 2.67. The van der Waals surface area contributed by atoms with Gasteiger partial charge in [-0.05, 0) is 103 Å². The Morgan fingerprint density at radius 3 is 2.27 bits per heavy atom. The molecule has 0 bridgehead atoms. The Kier molecular flexibility index (Phi) is 9.43. The monoisotopic (exact) mass is 576 g/mol. The van der Waals surface area contributed by atoms with E-state index in [2.05, 4.69) is 54.5 Å². The molecule has 4 fully saturated rings. The van der Waals surface area contributed by atoms with E-state index >= 15 is 0 Å². The first-order valence-corrected chi connectivity index (χ1v) is 17.0. The van der Waals surface area contributed by atoms with Gasteiger partial charge >= 0.3 is 0 Å². The molecular weight excluding hydrogens is 516 g/mol. The van der Waals surface area contributed by atoms with Crippen molar-refractivity contribution in [3.63, 3.8) is 0 Å². The summed E-state index contributed by atoms with van der Waals surface area (Å²) in [6.45, 7) is 16.7. The standard InChI is InChI=1S/C35H60O6/c1-19(2)20(3)8-9-21(4)24-12-13-26-23-10-11-25-22(5)28(15-17-35(25,7)27(23)14-16-34(24,26)6)40-33-32(39)31(38)30(37)29(18-36)41-33/h10,19-22,24-33,36-39H,8-9,11-18H2,1-7H3/t20?,21?,22?,24-,25?,26+,27+,28?,29-,30-,31+,32-,33-,34-,35+/m1/s1. The average Bonchev–Trinajstić information content (AvgIpc) is 3.30. The van der Waals surface area contributed by atoms with Gasteiger partial charge in [-0.3, -0.25) is 0 Å². The maximum absolute atomic E-state index is 10.6. The number of aliphatic hydroxyl groups excluding tert-OH is 4. The van der Waals surface area contributed by atoms with E-state index in [-0.39, 0.29) is 17.4 Å². The van der Waals surface area contributed by atoms with E-state index in [1.807, 2.05) is 0 Å². The maximum Gasteiger partial charge on any atom is 0.186 e. The number of fused-ring (bicyclic) bond motifs is 5. The minimum Gasteiger partial charge on any atom is -0.394 e. The lowest BCUT2D eigenvalue weighted by atomic mass is 9.46. The molecule has 236 valence electrons.